The van der Waals surface area contributed by atoms with Gasteiger partial charge in [0.2, 0.25) is 0 Å². The first-order valence-electron chi connectivity index (χ1n) is 8.03. The molecule has 0 fully saturated rings. The first kappa shape index (κ1) is 23.3. The van der Waals surface area contributed by atoms with Gasteiger partial charge in [-0.05, 0) is 57.2 Å². The summed E-state index contributed by atoms with van der Waals surface area (Å²) < 4.78 is 29.9. The normalized spacial score (nSPS) is 15.9. The lowest BCUT2D eigenvalue weighted by atomic mass is 10.4. The number of rotatable bonds is 12. The van der Waals surface area contributed by atoms with Crippen molar-refractivity contribution < 1.29 is 18.1 Å². The van der Waals surface area contributed by atoms with Gasteiger partial charge in [-0.15, -0.1) is 0 Å². The summed E-state index contributed by atoms with van der Waals surface area (Å²) in [5, 5.41) is 0. The Morgan fingerprint density at radius 1 is 0.731 bits per heavy atom. The van der Waals surface area contributed by atoms with Gasteiger partial charge in [-0.2, -0.15) is 4.57 Å². The van der Waals surface area contributed by atoms with Crippen molar-refractivity contribution in [1.82, 2.24) is 0 Å². The van der Waals surface area contributed by atoms with Gasteiger partial charge in [0.15, 0.2) is 0 Å². The van der Waals surface area contributed by atoms with Crippen LogP contribution in [0.3, 0.4) is 0 Å². The van der Waals surface area contributed by atoms with Crippen molar-refractivity contribution in [3.8, 4) is 0 Å². The lowest BCUT2D eigenvalue weighted by molar-refractivity contribution is 0.205. The molecule has 0 rings (SSSR count). The maximum atomic E-state index is 13.3. The van der Waals surface area contributed by atoms with Gasteiger partial charge in [0, 0.05) is 0 Å². The molecule has 26 heavy (non-hydrogen) atoms. The quantitative estimate of drug-likeness (QED) is 0.208. The largest absolute Gasteiger partial charge is 0.647 e. The topological polar surface area (TPSA) is 44.8 Å². The third-order valence-electron chi connectivity index (χ3n) is 2.63. The Morgan fingerprint density at radius 3 is 1.54 bits per heavy atom. The maximum Gasteiger partial charge on any atom is 0.647 e. The van der Waals surface area contributed by atoms with Crippen LogP contribution in [0.2, 0.25) is 0 Å². The van der Waals surface area contributed by atoms with Crippen LogP contribution in [-0.4, -0.2) is 0 Å². The molecule has 0 atom stereocenters. The van der Waals surface area contributed by atoms with Crippen molar-refractivity contribution in [1.29, 1.82) is 0 Å². The van der Waals surface area contributed by atoms with E-state index in [1.807, 2.05) is 0 Å². The molecule has 0 aliphatic carbocycles. The van der Waals surface area contributed by atoms with Crippen LogP contribution in [0.4, 0.5) is 0 Å². The zero-order valence-electron chi connectivity index (χ0n) is 15.6. The molecule has 0 aliphatic heterocycles. The summed E-state index contributed by atoms with van der Waals surface area (Å²) >= 11 is 0. The van der Waals surface area contributed by atoms with Crippen LogP contribution in [0.25, 0.3) is 0 Å². The van der Waals surface area contributed by atoms with E-state index in [2.05, 4.69) is 19.7 Å². The molecule has 0 unspecified atom stereocenters. The van der Waals surface area contributed by atoms with Gasteiger partial charge in [-0.25, -0.2) is 0 Å². The highest BCUT2D eigenvalue weighted by atomic mass is 31.2. The fourth-order valence-electron chi connectivity index (χ4n) is 1.52. The lowest BCUT2D eigenvalue weighted by Crippen LogP contribution is -1.99. The van der Waals surface area contributed by atoms with E-state index in [0.29, 0.717) is 11.5 Å². The molecule has 0 bridgehead atoms. The second-order valence-electron chi connectivity index (χ2n) is 4.60. The minimum absolute atomic E-state index is 0.289. The molecule has 0 saturated heterocycles. The summed E-state index contributed by atoms with van der Waals surface area (Å²) in [6.45, 7) is 16.1. The van der Waals surface area contributed by atoms with E-state index in [-0.39, 0.29) is 5.76 Å². The van der Waals surface area contributed by atoms with Gasteiger partial charge in [0.25, 0.3) is 0 Å². The van der Waals surface area contributed by atoms with Crippen molar-refractivity contribution >= 4 is 7.82 Å². The van der Waals surface area contributed by atoms with E-state index in [4.69, 9.17) is 13.6 Å². The summed E-state index contributed by atoms with van der Waals surface area (Å²) in [5.41, 5.74) is 0. The molecular formula is C21H27O4P. The second kappa shape index (κ2) is 13.6. The molecule has 0 spiro atoms. The molecule has 0 aliphatic rings. The molecule has 0 aromatic carbocycles. The van der Waals surface area contributed by atoms with Crippen molar-refractivity contribution in [3.63, 3.8) is 0 Å². The van der Waals surface area contributed by atoms with Crippen LogP contribution in [0.5, 0.6) is 0 Å². The Hall–Kier alpha value is -2.71. The van der Waals surface area contributed by atoms with E-state index >= 15 is 0 Å². The predicted molar refractivity (Wildman–Crippen MR) is 110 cm³/mol. The van der Waals surface area contributed by atoms with Crippen molar-refractivity contribution in [3.05, 3.63) is 110 Å². The number of hydrogen-bond donors (Lipinski definition) is 0. The maximum absolute atomic E-state index is 13.3. The molecule has 5 heteroatoms. The van der Waals surface area contributed by atoms with Crippen LogP contribution in [0.15, 0.2) is 110 Å². The molecule has 0 saturated carbocycles. The van der Waals surface area contributed by atoms with Gasteiger partial charge in [0.1, 0.15) is 17.3 Å². The third-order valence-corrected chi connectivity index (χ3v) is 3.93. The van der Waals surface area contributed by atoms with Gasteiger partial charge >= 0.3 is 7.82 Å². The Bertz CT molecular complexity index is 664. The fourth-order valence-corrected chi connectivity index (χ4v) is 2.87. The average molecular weight is 374 g/mol. The molecular weight excluding hydrogens is 347 g/mol. The van der Waals surface area contributed by atoms with Crippen LogP contribution >= 0.6 is 7.82 Å². The highest BCUT2D eigenvalue weighted by Gasteiger charge is 2.33. The van der Waals surface area contributed by atoms with Crippen molar-refractivity contribution in [2.24, 2.45) is 0 Å². The van der Waals surface area contributed by atoms with Crippen molar-refractivity contribution in [2.45, 2.75) is 20.8 Å². The van der Waals surface area contributed by atoms with Gasteiger partial charge in [-0.1, -0.05) is 56.2 Å². The van der Waals surface area contributed by atoms with Gasteiger partial charge in [0.05, 0.1) is 0 Å². The molecule has 0 amide bonds. The average Bonchev–Trinajstić information content (AvgIpc) is 2.62. The highest BCUT2D eigenvalue weighted by molar-refractivity contribution is 7.48. The Balaban J connectivity index is 5.86. The first-order valence-corrected chi connectivity index (χ1v) is 9.49. The molecule has 0 aromatic heterocycles. The van der Waals surface area contributed by atoms with Crippen LogP contribution in [-0.2, 0) is 18.1 Å². The third kappa shape index (κ3) is 9.55. The molecule has 4 nitrogen and oxygen atoms in total. The van der Waals surface area contributed by atoms with Gasteiger partial charge in [-0.3, -0.25) is 0 Å². The van der Waals surface area contributed by atoms with Crippen LogP contribution in [0, 0.1) is 0 Å². The Kier molecular flexibility index (Phi) is 12.2. The summed E-state index contributed by atoms with van der Waals surface area (Å²) in [6.07, 6.45) is 19.4. The van der Waals surface area contributed by atoms with E-state index < -0.39 is 7.82 Å². The molecule has 0 heterocycles. The monoisotopic (exact) mass is 374 g/mol. The van der Waals surface area contributed by atoms with Crippen molar-refractivity contribution in [2.75, 3.05) is 0 Å². The first-order chi connectivity index (χ1) is 12.5. The summed E-state index contributed by atoms with van der Waals surface area (Å²) in [5.74, 6) is 0.918. The summed E-state index contributed by atoms with van der Waals surface area (Å²) in [4.78, 5) is 0. The SMILES string of the molecule is C=C/C=C\C(=C/C)OP(=O)(OC(/C=C\C=C)=C/C)OC(/C=C\C)=C/C=C. The standard InChI is InChI=1S/C21H27O4P/c1-7-13-17-19(11-5)23-26(22,24-20(12-6)18-14-8-2)25-21(15-9-3)16-10-4/h7-18H,1-3H2,4-6H3/b16-10-,17-13-,18-14-,19-11+,20-12+,21-15+. The number of phosphoric acid groups is 1. The zero-order valence-corrected chi connectivity index (χ0v) is 16.5. The molecule has 140 valence electrons. The Morgan fingerprint density at radius 2 is 1.19 bits per heavy atom. The zero-order chi connectivity index (χ0) is 19.8. The number of allylic oxidation sites excluding steroid dienone is 12. The molecule has 0 aromatic rings. The second-order valence-corrected chi connectivity index (χ2v) is 6.04. The van der Waals surface area contributed by atoms with E-state index in [9.17, 15) is 4.57 Å². The summed E-state index contributed by atoms with van der Waals surface area (Å²) in [7, 11) is -4.04. The molecule has 0 radical (unpaired) electrons. The minimum atomic E-state index is -4.04. The number of phosphoric ester groups is 1. The van der Waals surface area contributed by atoms with Gasteiger partial charge < -0.3 is 13.6 Å². The minimum Gasteiger partial charge on any atom is -0.386 e. The Labute approximate surface area is 157 Å². The molecule has 0 N–H and O–H groups in total. The highest BCUT2D eigenvalue weighted by Crippen LogP contribution is 2.55. The van der Waals surface area contributed by atoms with E-state index in [1.54, 1.807) is 87.6 Å². The smallest absolute Gasteiger partial charge is 0.386 e. The van der Waals surface area contributed by atoms with Crippen LogP contribution < -0.4 is 0 Å². The van der Waals surface area contributed by atoms with E-state index in [0.717, 1.165) is 0 Å². The number of hydrogen-bond acceptors (Lipinski definition) is 4. The lowest BCUT2D eigenvalue weighted by Gasteiger charge is -2.20. The fraction of sp³-hybridized carbons (Fsp3) is 0.143. The predicted octanol–water partition coefficient (Wildman–Crippen LogP) is 7.08. The van der Waals surface area contributed by atoms with Crippen LogP contribution in [0.1, 0.15) is 20.8 Å². The summed E-state index contributed by atoms with van der Waals surface area (Å²) in [6, 6.07) is 0. The van der Waals surface area contributed by atoms with E-state index in [1.165, 1.54) is 6.08 Å².